The topological polar surface area (TPSA) is 86.8 Å². The van der Waals surface area contributed by atoms with Gasteiger partial charge in [0, 0.05) is 12.6 Å². The van der Waals surface area contributed by atoms with Gasteiger partial charge in [0.15, 0.2) is 5.60 Å². The van der Waals surface area contributed by atoms with Gasteiger partial charge < -0.3 is 15.9 Å². The van der Waals surface area contributed by atoms with Crippen LogP contribution in [0, 0.1) is 0 Å². The minimum Gasteiger partial charge on any atom is -0.395 e. The standard InChI is InChI=1S/C9H18N2O3/c1-7(5-12)11-4-2-3-9(14,6-11)8(10)13/h7,12,14H,2-6H2,1H3,(H2,10,13). The molecule has 1 aliphatic rings. The summed E-state index contributed by atoms with van der Waals surface area (Å²) in [7, 11) is 0. The largest absolute Gasteiger partial charge is 0.395 e. The Kier molecular flexibility index (Phi) is 3.47. The number of hydrogen-bond donors (Lipinski definition) is 3. The van der Waals surface area contributed by atoms with Crippen LogP contribution in [0.25, 0.3) is 0 Å². The lowest BCUT2D eigenvalue weighted by Gasteiger charge is -2.39. The van der Waals surface area contributed by atoms with E-state index < -0.39 is 11.5 Å². The molecular weight excluding hydrogens is 184 g/mol. The molecule has 5 heteroatoms. The van der Waals surface area contributed by atoms with Crippen molar-refractivity contribution >= 4 is 5.91 Å². The highest BCUT2D eigenvalue weighted by atomic mass is 16.3. The Morgan fingerprint density at radius 2 is 2.36 bits per heavy atom. The van der Waals surface area contributed by atoms with Crippen molar-refractivity contribution in [2.75, 3.05) is 19.7 Å². The van der Waals surface area contributed by atoms with Gasteiger partial charge in [0.25, 0.3) is 5.91 Å². The van der Waals surface area contributed by atoms with E-state index in [4.69, 9.17) is 10.8 Å². The molecule has 4 N–H and O–H groups in total. The van der Waals surface area contributed by atoms with Crippen LogP contribution in [-0.2, 0) is 4.79 Å². The van der Waals surface area contributed by atoms with Gasteiger partial charge in [-0.2, -0.15) is 0 Å². The van der Waals surface area contributed by atoms with Gasteiger partial charge in [0.1, 0.15) is 0 Å². The molecule has 1 amide bonds. The molecule has 0 aromatic rings. The SMILES string of the molecule is CC(CO)N1CCCC(O)(C(N)=O)C1. The van der Waals surface area contributed by atoms with Crippen LogP contribution in [0.15, 0.2) is 0 Å². The average molecular weight is 202 g/mol. The number of hydrogen-bond acceptors (Lipinski definition) is 4. The number of carbonyl (C=O) groups is 1. The van der Waals surface area contributed by atoms with Gasteiger partial charge in [0.05, 0.1) is 6.61 Å². The first-order chi connectivity index (χ1) is 6.49. The second-order valence-corrected chi connectivity index (χ2v) is 4.00. The lowest BCUT2D eigenvalue weighted by Crippen LogP contribution is -2.58. The van der Waals surface area contributed by atoms with E-state index in [0.29, 0.717) is 6.42 Å². The maximum Gasteiger partial charge on any atom is 0.250 e. The van der Waals surface area contributed by atoms with Gasteiger partial charge in [-0.3, -0.25) is 9.69 Å². The van der Waals surface area contributed by atoms with E-state index in [0.717, 1.165) is 13.0 Å². The van der Waals surface area contributed by atoms with Gasteiger partial charge in [-0.15, -0.1) is 0 Å². The Hall–Kier alpha value is -0.650. The zero-order chi connectivity index (χ0) is 10.8. The highest BCUT2D eigenvalue weighted by Gasteiger charge is 2.39. The number of nitrogens with two attached hydrogens (primary N) is 1. The fourth-order valence-electron chi connectivity index (χ4n) is 1.76. The first kappa shape index (κ1) is 11.4. The molecule has 0 aromatic heterocycles. The number of amides is 1. The van der Waals surface area contributed by atoms with Crippen LogP contribution in [0.5, 0.6) is 0 Å². The smallest absolute Gasteiger partial charge is 0.250 e. The molecule has 1 saturated heterocycles. The van der Waals surface area contributed by atoms with Crippen molar-refractivity contribution in [1.29, 1.82) is 0 Å². The monoisotopic (exact) mass is 202 g/mol. The first-order valence-corrected chi connectivity index (χ1v) is 4.87. The van der Waals surface area contributed by atoms with Crippen LogP contribution in [0.4, 0.5) is 0 Å². The van der Waals surface area contributed by atoms with Crippen LogP contribution in [-0.4, -0.2) is 52.4 Å². The second kappa shape index (κ2) is 4.25. The molecule has 0 radical (unpaired) electrons. The Bertz CT molecular complexity index is 222. The number of likely N-dealkylation sites (tertiary alicyclic amines) is 1. The number of rotatable bonds is 3. The molecule has 0 aliphatic carbocycles. The summed E-state index contributed by atoms with van der Waals surface area (Å²) in [5.74, 6) is -0.674. The fourth-order valence-corrected chi connectivity index (χ4v) is 1.76. The highest BCUT2D eigenvalue weighted by Crippen LogP contribution is 2.22. The Morgan fingerprint density at radius 3 is 2.86 bits per heavy atom. The van der Waals surface area contributed by atoms with Gasteiger partial charge in [0.2, 0.25) is 0 Å². The van der Waals surface area contributed by atoms with E-state index in [1.54, 1.807) is 0 Å². The number of primary amides is 1. The Labute approximate surface area is 83.5 Å². The number of aliphatic hydroxyl groups is 2. The number of carbonyl (C=O) groups excluding carboxylic acids is 1. The van der Waals surface area contributed by atoms with E-state index in [1.165, 1.54) is 0 Å². The average Bonchev–Trinajstić information content (AvgIpc) is 2.16. The number of nitrogens with zero attached hydrogens (tertiary/aromatic N) is 1. The van der Waals surface area contributed by atoms with E-state index in [2.05, 4.69) is 0 Å². The summed E-state index contributed by atoms with van der Waals surface area (Å²) < 4.78 is 0. The predicted octanol–water partition coefficient (Wildman–Crippen LogP) is -1.32. The summed E-state index contributed by atoms with van der Waals surface area (Å²) in [6.45, 7) is 2.89. The van der Waals surface area contributed by atoms with E-state index in [-0.39, 0.29) is 19.2 Å². The molecule has 0 bridgehead atoms. The van der Waals surface area contributed by atoms with Crippen molar-refractivity contribution in [2.24, 2.45) is 5.73 Å². The molecule has 1 rings (SSSR count). The predicted molar refractivity (Wildman–Crippen MR) is 51.5 cm³/mol. The molecule has 0 spiro atoms. The normalized spacial score (nSPS) is 31.4. The quantitative estimate of drug-likeness (QED) is 0.530. The highest BCUT2D eigenvalue weighted by molar-refractivity contribution is 5.83. The van der Waals surface area contributed by atoms with Gasteiger partial charge >= 0.3 is 0 Å². The number of piperidine rings is 1. The molecule has 2 atom stereocenters. The van der Waals surface area contributed by atoms with Crippen molar-refractivity contribution in [2.45, 2.75) is 31.4 Å². The van der Waals surface area contributed by atoms with Gasteiger partial charge in [-0.05, 0) is 26.3 Å². The maximum absolute atomic E-state index is 11.0. The van der Waals surface area contributed by atoms with Crippen LogP contribution in [0.2, 0.25) is 0 Å². The van der Waals surface area contributed by atoms with Crippen LogP contribution >= 0.6 is 0 Å². The fraction of sp³-hybridized carbons (Fsp3) is 0.889. The lowest BCUT2D eigenvalue weighted by molar-refractivity contribution is -0.143. The third-order valence-electron chi connectivity index (χ3n) is 2.85. The molecule has 1 heterocycles. The molecule has 2 unspecified atom stereocenters. The molecule has 5 nitrogen and oxygen atoms in total. The van der Waals surface area contributed by atoms with Crippen LogP contribution in [0.3, 0.4) is 0 Å². The third kappa shape index (κ3) is 2.23. The number of aliphatic hydroxyl groups excluding tert-OH is 1. The molecule has 82 valence electrons. The molecule has 1 fully saturated rings. The molecule has 0 aromatic carbocycles. The van der Waals surface area contributed by atoms with E-state index >= 15 is 0 Å². The maximum atomic E-state index is 11.0. The van der Waals surface area contributed by atoms with Crippen molar-refractivity contribution < 1.29 is 15.0 Å². The van der Waals surface area contributed by atoms with E-state index in [9.17, 15) is 9.90 Å². The summed E-state index contributed by atoms with van der Waals surface area (Å²) in [5, 5.41) is 18.8. The second-order valence-electron chi connectivity index (χ2n) is 4.00. The van der Waals surface area contributed by atoms with Crippen LogP contribution < -0.4 is 5.73 Å². The summed E-state index contributed by atoms with van der Waals surface area (Å²) in [6.07, 6.45) is 1.14. The summed E-state index contributed by atoms with van der Waals surface area (Å²) in [6, 6.07) is -0.0406. The lowest BCUT2D eigenvalue weighted by atomic mass is 9.91. The minimum absolute atomic E-state index is 0.0227. The Balaban J connectivity index is 2.64. The summed E-state index contributed by atoms with van der Waals surface area (Å²) in [5.41, 5.74) is 3.71. The van der Waals surface area contributed by atoms with Gasteiger partial charge in [-0.25, -0.2) is 0 Å². The zero-order valence-electron chi connectivity index (χ0n) is 8.44. The molecule has 14 heavy (non-hydrogen) atoms. The van der Waals surface area contributed by atoms with Crippen molar-refractivity contribution in [1.82, 2.24) is 4.90 Å². The molecule has 0 saturated carbocycles. The van der Waals surface area contributed by atoms with Gasteiger partial charge in [-0.1, -0.05) is 0 Å². The number of β-amino-alcohol motifs (C(OH)–C–C–N with tert-alkyl or cyclic N) is 1. The zero-order valence-corrected chi connectivity index (χ0v) is 8.44. The minimum atomic E-state index is -1.42. The van der Waals surface area contributed by atoms with E-state index in [1.807, 2.05) is 11.8 Å². The van der Waals surface area contributed by atoms with Crippen LogP contribution in [0.1, 0.15) is 19.8 Å². The van der Waals surface area contributed by atoms with Crippen molar-refractivity contribution in [3.05, 3.63) is 0 Å². The third-order valence-corrected chi connectivity index (χ3v) is 2.85. The van der Waals surface area contributed by atoms with Crippen molar-refractivity contribution in [3.63, 3.8) is 0 Å². The molecule has 1 aliphatic heterocycles. The molecular formula is C9H18N2O3. The Morgan fingerprint density at radius 1 is 1.71 bits per heavy atom. The summed E-state index contributed by atoms with van der Waals surface area (Å²) >= 11 is 0. The van der Waals surface area contributed by atoms with Crippen molar-refractivity contribution in [3.8, 4) is 0 Å². The first-order valence-electron chi connectivity index (χ1n) is 4.87. The summed E-state index contributed by atoms with van der Waals surface area (Å²) in [4.78, 5) is 12.9.